The third-order valence-electron chi connectivity index (χ3n) is 5.37. The highest BCUT2D eigenvalue weighted by atomic mass is 16.5. The van der Waals surface area contributed by atoms with Crippen molar-refractivity contribution in [3.05, 3.63) is 65.7 Å². The van der Waals surface area contributed by atoms with Gasteiger partial charge in [-0.1, -0.05) is 88.8 Å². The zero-order valence-corrected chi connectivity index (χ0v) is 20.4. The third kappa shape index (κ3) is 11.6. The van der Waals surface area contributed by atoms with Gasteiger partial charge in [0.1, 0.15) is 0 Å². The quantitative estimate of drug-likeness (QED) is 0.142. The van der Waals surface area contributed by atoms with Gasteiger partial charge in [-0.05, 0) is 42.2 Å². The summed E-state index contributed by atoms with van der Waals surface area (Å²) < 4.78 is 17.4. The number of hydrogen-bond acceptors (Lipinski definition) is 4. The number of benzene rings is 2. The molecule has 0 saturated carbocycles. The summed E-state index contributed by atoms with van der Waals surface area (Å²) in [5.41, 5.74) is 2.04. The van der Waals surface area contributed by atoms with Gasteiger partial charge in [-0.2, -0.15) is 0 Å². The van der Waals surface area contributed by atoms with E-state index in [0.717, 1.165) is 41.9 Å². The Hall–Kier alpha value is -2.75. The van der Waals surface area contributed by atoms with E-state index in [2.05, 4.69) is 13.8 Å². The Morgan fingerprint density at radius 3 is 2.09 bits per heavy atom. The van der Waals surface area contributed by atoms with E-state index in [9.17, 15) is 4.79 Å². The predicted octanol–water partition coefficient (Wildman–Crippen LogP) is 7.40. The standard InChI is InChI=1S/C29H40O4/c1-3-5-7-12-21-31-27-18-16-26(24-28(27)32-22-13-8-6-4-2)17-19-29(30)33-23-20-25-14-10-9-11-15-25/h9-11,14-19,24H,3-8,12-13,20-23H2,1-2H3/b19-17-. The Morgan fingerprint density at radius 1 is 0.758 bits per heavy atom. The van der Waals surface area contributed by atoms with E-state index < -0.39 is 0 Å². The lowest BCUT2D eigenvalue weighted by Crippen LogP contribution is -2.05. The molecule has 0 saturated heterocycles. The van der Waals surface area contributed by atoms with Crippen LogP contribution in [0.25, 0.3) is 6.08 Å². The topological polar surface area (TPSA) is 44.8 Å². The van der Waals surface area contributed by atoms with Crippen LogP contribution < -0.4 is 9.47 Å². The van der Waals surface area contributed by atoms with Crippen molar-refractivity contribution in [3.8, 4) is 11.5 Å². The molecule has 0 unspecified atom stereocenters. The molecule has 0 heterocycles. The van der Waals surface area contributed by atoms with Crippen LogP contribution in [-0.4, -0.2) is 25.8 Å². The van der Waals surface area contributed by atoms with Crippen molar-refractivity contribution in [2.24, 2.45) is 0 Å². The molecule has 0 fully saturated rings. The smallest absolute Gasteiger partial charge is 0.330 e. The number of unbranched alkanes of at least 4 members (excludes halogenated alkanes) is 6. The van der Waals surface area contributed by atoms with E-state index in [0.29, 0.717) is 26.2 Å². The van der Waals surface area contributed by atoms with Crippen LogP contribution in [0.4, 0.5) is 0 Å². The summed E-state index contributed by atoms with van der Waals surface area (Å²) in [4.78, 5) is 12.1. The molecule has 0 aliphatic rings. The van der Waals surface area contributed by atoms with Crippen LogP contribution in [0.1, 0.15) is 76.3 Å². The van der Waals surface area contributed by atoms with E-state index in [1.54, 1.807) is 6.08 Å². The minimum absolute atomic E-state index is 0.343. The summed E-state index contributed by atoms with van der Waals surface area (Å²) in [5, 5.41) is 0. The van der Waals surface area contributed by atoms with Gasteiger partial charge in [-0.15, -0.1) is 0 Å². The summed E-state index contributed by atoms with van der Waals surface area (Å²) in [7, 11) is 0. The van der Waals surface area contributed by atoms with Crippen molar-refractivity contribution in [1.29, 1.82) is 0 Å². The molecule has 0 aliphatic heterocycles. The molecule has 0 atom stereocenters. The van der Waals surface area contributed by atoms with Crippen LogP contribution in [0.3, 0.4) is 0 Å². The highest BCUT2D eigenvalue weighted by Gasteiger charge is 2.07. The molecule has 0 bridgehead atoms. The van der Waals surface area contributed by atoms with E-state index in [1.165, 1.54) is 38.2 Å². The van der Waals surface area contributed by atoms with Crippen molar-refractivity contribution >= 4 is 12.0 Å². The zero-order chi connectivity index (χ0) is 23.6. The molecule has 0 N–H and O–H groups in total. The molecule has 2 rings (SSSR count). The fraction of sp³-hybridized carbons (Fsp3) is 0.483. The predicted molar refractivity (Wildman–Crippen MR) is 136 cm³/mol. The highest BCUT2D eigenvalue weighted by molar-refractivity contribution is 5.87. The first-order chi connectivity index (χ1) is 16.2. The minimum atomic E-state index is -0.343. The van der Waals surface area contributed by atoms with E-state index >= 15 is 0 Å². The first kappa shape index (κ1) is 26.5. The molecule has 33 heavy (non-hydrogen) atoms. The Kier molecular flexibility index (Phi) is 13.5. The normalized spacial score (nSPS) is 11.0. The van der Waals surface area contributed by atoms with Gasteiger partial charge in [0.25, 0.3) is 0 Å². The molecule has 180 valence electrons. The average Bonchev–Trinajstić information content (AvgIpc) is 2.84. The molecule has 0 radical (unpaired) electrons. The highest BCUT2D eigenvalue weighted by Crippen LogP contribution is 2.29. The van der Waals surface area contributed by atoms with Crippen molar-refractivity contribution in [2.45, 2.75) is 71.6 Å². The average molecular weight is 453 g/mol. The van der Waals surface area contributed by atoms with Crippen LogP contribution in [0.5, 0.6) is 11.5 Å². The Balaban J connectivity index is 1.89. The second kappa shape index (κ2) is 16.8. The Morgan fingerprint density at radius 2 is 1.42 bits per heavy atom. The second-order valence-electron chi connectivity index (χ2n) is 8.26. The molecule has 2 aromatic carbocycles. The van der Waals surface area contributed by atoms with Crippen molar-refractivity contribution in [1.82, 2.24) is 0 Å². The fourth-order valence-electron chi connectivity index (χ4n) is 3.41. The van der Waals surface area contributed by atoms with Crippen molar-refractivity contribution in [2.75, 3.05) is 19.8 Å². The maximum Gasteiger partial charge on any atom is 0.330 e. The maximum absolute atomic E-state index is 12.1. The first-order valence-electron chi connectivity index (χ1n) is 12.5. The molecule has 2 aromatic rings. The van der Waals surface area contributed by atoms with Crippen molar-refractivity contribution < 1.29 is 19.0 Å². The van der Waals surface area contributed by atoms with Gasteiger partial charge in [0.05, 0.1) is 19.8 Å². The van der Waals surface area contributed by atoms with Crippen LogP contribution in [0.15, 0.2) is 54.6 Å². The number of ether oxygens (including phenoxy) is 3. The lowest BCUT2D eigenvalue weighted by Gasteiger charge is -2.14. The van der Waals surface area contributed by atoms with Gasteiger partial charge in [0.15, 0.2) is 11.5 Å². The van der Waals surface area contributed by atoms with Gasteiger partial charge < -0.3 is 14.2 Å². The van der Waals surface area contributed by atoms with Crippen LogP contribution in [0, 0.1) is 0 Å². The van der Waals surface area contributed by atoms with Gasteiger partial charge in [-0.3, -0.25) is 0 Å². The summed E-state index contributed by atoms with van der Waals surface area (Å²) in [5.74, 6) is 1.16. The van der Waals surface area contributed by atoms with Crippen LogP contribution in [0.2, 0.25) is 0 Å². The fourth-order valence-corrected chi connectivity index (χ4v) is 3.41. The zero-order valence-electron chi connectivity index (χ0n) is 20.4. The number of hydrogen-bond donors (Lipinski definition) is 0. The lowest BCUT2D eigenvalue weighted by molar-refractivity contribution is -0.137. The molecule has 0 aromatic heterocycles. The minimum Gasteiger partial charge on any atom is -0.490 e. The SMILES string of the molecule is CCCCCCOc1ccc(/C=C\C(=O)OCCc2ccccc2)cc1OCCCCCC. The van der Waals surface area contributed by atoms with E-state index in [-0.39, 0.29) is 5.97 Å². The Labute approximate surface area is 200 Å². The Bertz CT molecular complexity index is 814. The molecule has 4 heteroatoms. The summed E-state index contributed by atoms with van der Waals surface area (Å²) >= 11 is 0. The molecule has 0 spiro atoms. The first-order valence-corrected chi connectivity index (χ1v) is 12.5. The van der Waals surface area contributed by atoms with Gasteiger partial charge >= 0.3 is 5.97 Å². The lowest BCUT2D eigenvalue weighted by atomic mass is 10.1. The summed E-state index contributed by atoms with van der Waals surface area (Å²) in [6, 6.07) is 15.8. The van der Waals surface area contributed by atoms with Crippen LogP contribution in [-0.2, 0) is 16.0 Å². The van der Waals surface area contributed by atoms with E-state index in [1.807, 2.05) is 48.5 Å². The number of carbonyl (C=O) groups excluding carboxylic acids is 1. The van der Waals surface area contributed by atoms with E-state index in [4.69, 9.17) is 14.2 Å². The molecule has 0 aliphatic carbocycles. The number of carbonyl (C=O) groups is 1. The molecular weight excluding hydrogens is 412 g/mol. The number of esters is 1. The third-order valence-corrected chi connectivity index (χ3v) is 5.37. The van der Waals surface area contributed by atoms with Gasteiger partial charge in [0.2, 0.25) is 0 Å². The molecule has 4 nitrogen and oxygen atoms in total. The summed E-state index contributed by atoms with van der Waals surface area (Å²) in [6.45, 7) is 6.13. The van der Waals surface area contributed by atoms with Gasteiger partial charge in [-0.25, -0.2) is 4.79 Å². The molecule has 0 amide bonds. The van der Waals surface area contributed by atoms with Gasteiger partial charge in [0, 0.05) is 12.5 Å². The van der Waals surface area contributed by atoms with Crippen LogP contribution >= 0.6 is 0 Å². The summed E-state index contributed by atoms with van der Waals surface area (Å²) in [6.07, 6.45) is 13.2. The van der Waals surface area contributed by atoms with Crippen molar-refractivity contribution in [3.63, 3.8) is 0 Å². The maximum atomic E-state index is 12.1. The largest absolute Gasteiger partial charge is 0.490 e. The monoisotopic (exact) mass is 452 g/mol. The second-order valence-corrected chi connectivity index (χ2v) is 8.26. The molecular formula is C29H40O4. The number of rotatable bonds is 17.